The van der Waals surface area contributed by atoms with Crippen LogP contribution >= 0.6 is 0 Å². The molecule has 0 saturated carbocycles. The Bertz CT molecular complexity index is 2450. The Kier molecular flexibility index (Phi) is 11.0. The Labute approximate surface area is 321 Å². The lowest BCUT2D eigenvalue weighted by molar-refractivity contribution is -0.135. The van der Waals surface area contributed by atoms with Crippen molar-refractivity contribution in [3.8, 4) is 11.1 Å². The molecule has 0 fully saturated rings. The average molecular weight is 749 g/mol. The third kappa shape index (κ3) is 8.58. The van der Waals surface area contributed by atoms with Crippen LogP contribution in [-0.2, 0) is 40.6 Å². The molecule has 0 unspecified atom stereocenters. The minimum absolute atomic E-state index is 0.000690. The second kappa shape index (κ2) is 16.4. The molecule has 0 heterocycles. The highest BCUT2D eigenvalue weighted by atomic mass is 32.2. The quantitative estimate of drug-likeness (QED) is 0.130. The Morgan fingerprint density at radius 3 is 2.04 bits per heavy atom. The fourth-order valence-electron chi connectivity index (χ4n) is 7.57. The van der Waals surface area contributed by atoms with Crippen LogP contribution in [0, 0.1) is 5.92 Å². The first-order valence-corrected chi connectivity index (χ1v) is 19.7. The van der Waals surface area contributed by atoms with Gasteiger partial charge in [0.2, 0.25) is 5.91 Å². The van der Waals surface area contributed by atoms with E-state index in [1.807, 2.05) is 53.3 Å². The molecule has 55 heavy (non-hydrogen) atoms. The van der Waals surface area contributed by atoms with E-state index in [-0.39, 0.29) is 29.9 Å². The average Bonchev–Trinajstić information content (AvgIpc) is 3.21. The van der Waals surface area contributed by atoms with Crippen molar-refractivity contribution in [3.63, 3.8) is 0 Å². The molecule has 276 valence electrons. The van der Waals surface area contributed by atoms with Crippen LogP contribution in [0.3, 0.4) is 0 Å². The van der Waals surface area contributed by atoms with Gasteiger partial charge in [-0.1, -0.05) is 133 Å². The molecule has 0 aromatic heterocycles. The van der Waals surface area contributed by atoms with Crippen LogP contribution in [0.4, 0.5) is 0 Å². The molecule has 0 aliphatic heterocycles. The predicted molar refractivity (Wildman–Crippen MR) is 212 cm³/mol. The second-order valence-corrected chi connectivity index (χ2v) is 15.5. The lowest BCUT2D eigenvalue weighted by Crippen LogP contribution is -2.41. The summed E-state index contributed by atoms with van der Waals surface area (Å²) in [6, 6.07) is 48.1. The van der Waals surface area contributed by atoms with Crippen LogP contribution in [-0.4, -0.2) is 36.2 Å². The van der Waals surface area contributed by atoms with Gasteiger partial charge in [0.05, 0.1) is 18.0 Å². The molecule has 2 N–H and O–H groups in total. The van der Waals surface area contributed by atoms with Gasteiger partial charge in [-0.05, 0) is 88.4 Å². The molecule has 0 saturated heterocycles. The Balaban J connectivity index is 1.16. The fraction of sp³-hybridized carbons (Fsp3) is 0.152. The summed E-state index contributed by atoms with van der Waals surface area (Å²) in [5, 5.41) is 9.49. The number of hydrogen-bond acceptors (Lipinski definition) is 5. The van der Waals surface area contributed by atoms with Crippen molar-refractivity contribution < 1.29 is 27.9 Å². The standard InChI is InChI=1S/C46H40N2O6S/c49-43(48(31-33-15-5-2-6-16-33)44-38(27-32-13-3-1-4-14-32)26-25-35-18-7-8-22-40(35)44)29-34-17-11-19-36(28-34)37-20-12-21-39(30-37)45(50)47-55(53,54)42-24-10-9-23-41(42)46(51)52/h1-24,28,30,38,44H,25-27,29,31H2,(H,47,50)(H,51,52)/t38-,44-/m0/s1. The number of carbonyl (C=O) groups is 3. The molecule has 1 aliphatic carbocycles. The van der Waals surface area contributed by atoms with Crippen LogP contribution in [0.25, 0.3) is 11.1 Å². The van der Waals surface area contributed by atoms with E-state index in [1.54, 1.807) is 18.2 Å². The minimum Gasteiger partial charge on any atom is -0.478 e. The Hall–Kier alpha value is -6.32. The summed E-state index contributed by atoms with van der Waals surface area (Å²) < 4.78 is 28.2. The topological polar surface area (TPSA) is 121 Å². The molecular weight excluding hydrogens is 709 g/mol. The first kappa shape index (κ1) is 37.0. The van der Waals surface area contributed by atoms with E-state index in [0.29, 0.717) is 12.1 Å². The van der Waals surface area contributed by atoms with E-state index in [1.165, 1.54) is 34.9 Å². The summed E-state index contributed by atoms with van der Waals surface area (Å²) in [6.45, 7) is 0.459. The number of carboxylic acids is 1. The van der Waals surface area contributed by atoms with Crippen molar-refractivity contribution in [2.24, 2.45) is 5.92 Å². The summed E-state index contributed by atoms with van der Waals surface area (Å²) in [5.74, 6) is -2.11. The fourth-order valence-corrected chi connectivity index (χ4v) is 8.74. The van der Waals surface area contributed by atoms with E-state index < -0.39 is 32.4 Å². The zero-order valence-electron chi connectivity index (χ0n) is 30.0. The van der Waals surface area contributed by atoms with E-state index in [2.05, 4.69) is 65.6 Å². The van der Waals surface area contributed by atoms with Crippen molar-refractivity contribution in [3.05, 3.63) is 197 Å². The van der Waals surface area contributed by atoms with Crippen LogP contribution < -0.4 is 4.72 Å². The number of rotatable bonds is 12. The summed E-state index contributed by atoms with van der Waals surface area (Å²) in [4.78, 5) is 41.1. The Morgan fingerprint density at radius 1 is 0.673 bits per heavy atom. The second-order valence-electron chi connectivity index (χ2n) is 13.8. The summed E-state index contributed by atoms with van der Waals surface area (Å²) in [5.41, 5.74) is 6.59. The predicted octanol–water partition coefficient (Wildman–Crippen LogP) is 8.29. The van der Waals surface area contributed by atoms with Gasteiger partial charge in [0.25, 0.3) is 15.9 Å². The highest BCUT2D eigenvalue weighted by Gasteiger charge is 2.36. The van der Waals surface area contributed by atoms with Crippen molar-refractivity contribution in [2.45, 2.75) is 43.2 Å². The van der Waals surface area contributed by atoms with E-state index in [9.17, 15) is 27.9 Å². The number of aromatic carboxylic acids is 1. The van der Waals surface area contributed by atoms with Gasteiger partial charge < -0.3 is 10.0 Å². The number of carbonyl (C=O) groups excluding carboxylic acids is 2. The van der Waals surface area contributed by atoms with E-state index in [4.69, 9.17) is 0 Å². The number of hydrogen-bond donors (Lipinski definition) is 2. The summed E-state index contributed by atoms with van der Waals surface area (Å²) >= 11 is 0. The third-order valence-electron chi connectivity index (χ3n) is 10.2. The summed E-state index contributed by atoms with van der Waals surface area (Å²) in [7, 11) is -4.48. The van der Waals surface area contributed by atoms with Gasteiger partial charge in [0.1, 0.15) is 4.90 Å². The van der Waals surface area contributed by atoms with Crippen molar-refractivity contribution >= 4 is 27.8 Å². The highest BCUT2D eigenvalue weighted by Crippen LogP contribution is 2.41. The number of aryl methyl sites for hydroxylation is 1. The molecule has 6 aromatic carbocycles. The van der Waals surface area contributed by atoms with Crippen LogP contribution in [0.5, 0.6) is 0 Å². The van der Waals surface area contributed by atoms with Crippen molar-refractivity contribution in [1.82, 2.24) is 9.62 Å². The van der Waals surface area contributed by atoms with Gasteiger partial charge in [0.15, 0.2) is 0 Å². The lowest BCUT2D eigenvalue weighted by atomic mass is 9.76. The molecule has 7 rings (SSSR count). The number of sulfonamides is 1. The molecule has 8 nitrogen and oxygen atoms in total. The number of nitrogens with zero attached hydrogens (tertiary/aromatic N) is 1. The van der Waals surface area contributed by atoms with Gasteiger partial charge >= 0.3 is 5.97 Å². The number of benzene rings is 6. The maximum absolute atomic E-state index is 14.7. The van der Waals surface area contributed by atoms with Gasteiger partial charge in [0, 0.05) is 12.1 Å². The first-order valence-electron chi connectivity index (χ1n) is 18.2. The number of carboxylic acid groups (broad SMARTS) is 1. The zero-order valence-corrected chi connectivity index (χ0v) is 30.9. The zero-order chi connectivity index (χ0) is 38.4. The maximum atomic E-state index is 14.7. The minimum atomic E-state index is -4.48. The number of nitrogens with one attached hydrogen (secondary N) is 1. The van der Waals surface area contributed by atoms with Gasteiger partial charge in [-0.25, -0.2) is 17.9 Å². The maximum Gasteiger partial charge on any atom is 0.337 e. The largest absolute Gasteiger partial charge is 0.478 e. The Morgan fingerprint density at radius 2 is 1.29 bits per heavy atom. The van der Waals surface area contributed by atoms with Gasteiger partial charge in [-0.2, -0.15) is 0 Å². The first-order chi connectivity index (χ1) is 26.7. The smallest absolute Gasteiger partial charge is 0.337 e. The molecule has 9 heteroatoms. The van der Waals surface area contributed by atoms with Crippen molar-refractivity contribution in [2.75, 3.05) is 0 Å². The molecular formula is C46H40N2O6S. The van der Waals surface area contributed by atoms with Gasteiger partial charge in [-0.3, -0.25) is 9.59 Å². The van der Waals surface area contributed by atoms with Crippen LogP contribution in [0.1, 0.15) is 61.0 Å². The molecule has 0 spiro atoms. The molecule has 0 bridgehead atoms. The van der Waals surface area contributed by atoms with E-state index >= 15 is 0 Å². The number of fused-ring (bicyclic) bond motifs is 1. The normalized spacial score (nSPS) is 15.1. The van der Waals surface area contributed by atoms with Crippen LogP contribution in [0.15, 0.2) is 163 Å². The molecule has 1 aliphatic rings. The van der Waals surface area contributed by atoms with Crippen LogP contribution in [0.2, 0.25) is 0 Å². The van der Waals surface area contributed by atoms with Gasteiger partial charge in [-0.15, -0.1) is 0 Å². The monoisotopic (exact) mass is 748 g/mol. The molecule has 2 amide bonds. The summed E-state index contributed by atoms with van der Waals surface area (Å²) in [6.07, 6.45) is 2.92. The molecule has 6 aromatic rings. The third-order valence-corrected chi connectivity index (χ3v) is 11.6. The molecule has 0 radical (unpaired) electrons. The molecule has 2 atom stereocenters. The van der Waals surface area contributed by atoms with E-state index in [0.717, 1.165) is 48.1 Å². The lowest BCUT2D eigenvalue weighted by Gasteiger charge is -2.42. The SMILES string of the molecule is O=C(NS(=O)(=O)c1ccccc1C(=O)O)c1cccc(-c2cccc(CC(=O)N(Cc3ccccc3)[C@@H]3c4ccccc4CC[C@H]3Cc3ccccc3)c2)c1. The highest BCUT2D eigenvalue weighted by molar-refractivity contribution is 7.90. The van der Waals surface area contributed by atoms with Crippen molar-refractivity contribution in [1.29, 1.82) is 0 Å². The number of amides is 2.